The summed E-state index contributed by atoms with van der Waals surface area (Å²) in [6.07, 6.45) is 0. The predicted molar refractivity (Wildman–Crippen MR) is 126 cm³/mol. The van der Waals surface area contributed by atoms with Crippen molar-refractivity contribution >= 4 is 21.6 Å². The minimum Gasteiger partial charge on any atom is -0.375 e. The Kier molecular flexibility index (Phi) is 7.66. The van der Waals surface area contributed by atoms with Crippen LogP contribution in [0.2, 0.25) is 0 Å². The maximum atomic E-state index is 13.0. The molecule has 7 heteroatoms. The van der Waals surface area contributed by atoms with E-state index in [9.17, 15) is 13.2 Å². The van der Waals surface area contributed by atoms with Crippen molar-refractivity contribution in [3.8, 4) is 0 Å². The molecule has 1 amide bonds. The van der Waals surface area contributed by atoms with Gasteiger partial charge in [0, 0.05) is 12.1 Å². The SMILES string of the molecule is Cc1ccc(C)c(NS(=O)(=O)c2cc(C(=O)NCCOCc3ccccc3)ccc2C)c1. The minimum absolute atomic E-state index is 0.0754. The molecule has 2 N–H and O–H groups in total. The van der Waals surface area contributed by atoms with Crippen LogP contribution in [0.4, 0.5) is 5.69 Å². The molecule has 0 spiro atoms. The molecule has 6 nitrogen and oxygen atoms in total. The fourth-order valence-electron chi connectivity index (χ4n) is 3.18. The lowest BCUT2D eigenvalue weighted by molar-refractivity contribution is 0.0900. The number of anilines is 1. The van der Waals surface area contributed by atoms with Gasteiger partial charge in [-0.25, -0.2) is 8.42 Å². The Hall–Kier alpha value is -3.16. The second-order valence-corrected chi connectivity index (χ2v) is 9.35. The molecule has 0 bridgehead atoms. The third kappa shape index (κ3) is 6.18. The summed E-state index contributed by atoms with van der Waals surface area (Å²) in [5.74, 6) is -0.350. The van der Waals surface area contributed by atoms with Crippen LogP contribution in [-0.4, -0.2) is 27.5 Å². The third-order valence-corrected chi connectivity index (χ3v) is 6.53. The van der Waals surface area contributed by atoms with Crippen molar-refractivity contribution in [1.29, 1.82) is 0 Å². The van der Waals surface area contributed by atoms with Crippen LogP contribution in [0.5, 0.6) is 0 Å². The Morgan fingerprint density at radius 1 is 0.906 bits per heavy atom. The number of ether oxygens (including phenoxy) is 1. The zero-order valence-electron chi connectivity index (χ0n) is 18.5. The number of hydrogen-bond acceptors (Lipinski definition) is 4. The standard InChI is InChI=1S/C25H28N2O4S/c1-18-9-10-19(2)23(15-18)27-32(29,30)24-16-22(12-11-20(24)3)25(28)26-13-14-31-17-21-7-5-4-6-8-21/h4-12,15-16,27H,13-14,17H2,1-3H3,(H,26,28). The van der Waals surface area contributed by atoms with Gasteiger partial charge in [-0.1, -0.05) is 48.5 Å². The van der Waals surface area contributed by atoms with Gasteiger partial charge in [0.2, 0.25) is 0 Å². The van der Waals surface area contributed by atoms with E-state index >= 15 is 0 Å². The maximum absolute atomic E-state index is 13.0. The summed E-state index contributed by atoms with van der Waals surface area (Å²) in [4.78, 5) is 12.6. The molecule has 0 heterocycles. The summed E-state index contributed by atoms with van der Waals surface area (Å²) in [6.45, 7) is 6.59. The van der Waals surface area contributed by atoms with Crippen LogP contribution in [0.25, 0.3) is 0 Å². The molecule has 0 saturated carbocycles. The van der Waals surface area contributed by atoms with Gasteiger partial charge >= 0.3 is 0 Å². The lowest BCUT2D eigenvalue weighted by Gasteiger charge is -2.14. The van der Waals surface area contributed by atoms with E-state index in [0.29, 0.717) is 31.0 Å². The second-order valence-electron chi connectivity index (χ2n) is 7.70. The molecule has 3 aromatic rings. The van der Waals surface area contributed by atoms with Gasteiger partial charge in [-0.05, 0) is 61.2 Å². The lowest BCUT2D eigenvalue weighted by atomic mass is 10.1. The van der Waals surface area contributed by atoms with E-state index in [1.165, 1.54) is 6.07 Å². The number of aryl methyl sites for hydroxylation is 3. The second kappa shape index (κ2) is 10.4. The van der Waals surface area contributed by atoms with E-state index in [1.807, 2.05) is 56.3 Å². The van der Waals surface area contributed by atoms with Crippen molar-refractivity contribution in [2.24, 2.45) is 0 Å². The molecule has 0 aromatic heterocycles. The van der Waals surface area contributed by atoms with Gasteiger partial charge in [0.1, 0.15) is 0 Å². The normalized spacial score (nSPS) is 11.2. The molecular weight excluding hydrogens is 424 g/mol. The van der Waals surface area contributed by atoms with E-state index in [4.69, 9.17) is 4.74 Å². The molecule has 0 aliphatic rings. The Balaban J connectivity index is 1.63. The summed E-state index contributed by atoms with van der Waals surface area (Å²) < 4.78 is 34.3. The fraction of sp³-hybridized carbons (Fsp3) is 0.240. The fourth-order valence-corrected chi connectivity index (χ4v) is 4.57. The van der Waals surface area contributed by atoms with Crippen molar-refractivity contribution in [3.63, 3.8) is 0 Å². The van der Waals surface area contributed by atoms with Crippen molar-refractivity contribution < 1.29 is 17.9 Å². The highest BCUT2D eigenvalue weighted by Crippen LogP contribution is 2.23. The van der Waals surface area contributed by atoms with E-state index < -0.39 is 10.0 Å². The molecule has 0 aliphatic heterocycles. The van der Waals surface area contributed by atoms with Gasteiger partial charge in [-0.2, -0.15) is 0 Å². The number of carbonyl (C=O) groups is 1. The topological polar surface area (TPSA) is 84.5 Å². The Labute approximate surface area is 189 Å². The Morgan fingerprint density at radius 3 is 2.38 bits per heavy atom. The van der Waals surface area contributed by atoms with Crippen molar-refractivity contribution in [3.05, 3.63) is 94.5 Å². The summed E-state index contributed by atoms with van der Waals surface area (Å²) in [7, 11) is -3.85. The molecule has 0 radical (unpaired) electrons. The Morgan fingerprint density at radius 2 is 1.62 bits per heavy atom. The van der Waals surface area contributed by atoms with Gasteiger partial charge in [-0.3, -0.25) is 9.52 Å². The molecule has 0 saturated heterocycles. The number of sulfonamides is 1. The molecule has 3 aromatic carbocycles. The highest BCUT2D eigenvalue weighted by molar-refractivity contribution is 7.92. The number of nitrogens with one attached hydrogen (secondary N) is 2. The van der Waals surface area contributed by atoms with Crippen LogP contribution >= 0.6 is 0 Å². The van der Waals surface area contributed by atoms with Crippen LogP contribution in [0.15, 0.2) is 71.6 Å². The first-order chi connectivity index (χ1) is 15.3. The first kappa shape index (κ1) is 23.5. The number of carbonyl (C=O) groups excluding carboxylic acids is 1. The van der Waals surface area contributed by atoms with E-state index in [1.54, 1.807) is 25.1 Å². The van der Waals surface area contributed by atoms with Crippen molar-refractivity contribution in [2.45, 2.75) is 32.3 Å². The third-order valence-electron chi connectivity index (χ3n) is 5.02. The van der Waals surface area contributed by atoms with Gasteiger partial charge < -0.3 is 10.1 Å². The molecule has 168 valence electrons. The number of hydrogen-bond donors (Lipinski definition) is 2. The first-order valence-corrected chi connectivity index (χ1v) is 11.9. The summed E-state index contributed by atoms with van der Waals surface area (Å²) in [6, 6.07) is 20.0. The van der Waals surface area contributed by atoms with Gasteiger partial charge in [0.15, 0.2) is 0 Å². The number of benzene rings is 3. The summed E-state index contributed by atoms with van der Waals surface area (Å²) >= 11 is 0. The largest absolute Gasteiger partial charge is 0.375 e. The monoisotopic (exact) mass is 452 g/mol. The van der Waals surface area contributed by atoms with E-state index in [2.05, 4.69) is 10.0 Å². The van der Waals surface area contributed by atoms with Gasteiger partial charge in [-0.15, -0.1) is 0 Å². The molecule has 0 atom stereocenters. The zero-order valence-corrected chi connectivity index (χ0v) is 19.3. The predicted octanol–water partition coefficient (Wildman–Crippen LogP) is 4.36. The average molecular weight is 453 g/mol. The van der Waals surface area contributed by atoms with E-state index in [0.717, 1.165) is 16.7 Å². The smallest absolute Gasteiger partial charge is 0.262 e. The van der Waals surface area contributed by atoms with E-state index in [-0.39, 0.29) is 16.4 Å². The summed E-state index contributed by atoms with van der Waals surface area (Å²) in [5.41, 5.74) is 4.19. The van der Waals surface area contributed by atoms with Crippen LogP contribution in [-0.2, 0) is 21.4 Å². The van der Waals surface area contributed by atoms with Crippen LogP contribution in [0, 0.1) is 20.8 Å². The summed E-state index contributed by atoms with van der Waals surface area (Å²) in [5, 5.41) is 2.77. The number of amides is 1. The van der Waals surface area contributed by atoms with Gasteiger partial charge in [0.05, 0.1) is 23.8 Å². The molecule has 32 heavy (non-hydrogen) atoms. The molecule has 3 rings (SSSR count). The molecule has 0 fully saturated rings. The van der Waals surface area contributed by atoms with Crippen LogP contribution in [0.3, 0.4) is 0 Å². The average Bonchev–Trinajstić information content (AvgIpc) is 2.76. The zero-order chi connectivity index (χ0) is 23.1. The molecule has 0 unspecified atom stereocenters. The van der Waals surface area contributed by atoms with Gasteiger partial charge in [0.25, 0.3) is 15.9 Å². The first-order valence-electron chi connectivity index (χ1n) is 10.4. The Bertz CT molecular complexity index is 1190. The number of rotatable bonds is 9. The van der Waals surface area contributed by atoms with Crippen molar-refractivity contribution in [2.75, 3.05) is 17.9 Å². The molecule has 0 aliphatic carbocycles. The highest BCUT2D eigenvalue weighted by atomic mass is 32.2. The van der Waals surface area contributed by atoms with Crippen LogP contribution in [0.1, 0.15) is 32.6 Å². The quantitative estimate of drug-likeness (QED) is 0.473. The lowest BCUT2D eigenvalue weighted by Crippen LogP contribution is -2.27. The van der Waals surface area contributed by atoms with Crippen molar-refractivity contribution in [1.82, 2.24) is 5.32 Å². The highest BCUT2D eigenvalue weighted by Gasteiger charge is 2.20. The molecular formula is C25H28N2O4S. The van der Waals surface area contributed by atoms with Crippen LogP contribution < -0.4 is 10.0 Å². The maximum Gasteiger partial charge on any atom is 0.262 e. The minimum atomic E-state index is -3.85.